The van der Waals surface area contributed by atoms with Crippen LogP contribution in [0.25, 0.3) is 0 Å². The van der Waals surface area contributed by atoms with E-state index in [-0.39, 0.29) is 24.3 Å². The highest BCUT2D eigenvalue weighted by molar-refractivity contribution is 5.78. The van der Waals surface area contributed by atoms with E-state index in [0.29, 0.717) is 23.6 Å². The molecule has 0 spiro atoms. The molecule has 0 aliphatic carbocycles. The summed E-state index contributed by atoms with van der Waals surface area (Å²) >= 11 is 0. The first-order valence-corrected chi connectivity index (χ1v) is 8.00. The van der Waals surface area contributed by atoms with E-state index in [4.69, 9.17) is 9.47 Å². The largest absolute Gasteiger partial charge is 0.493 e. The molecule has 1 unspecified atom stereocenters. The Morgan fingerprint density at radius 1 is 1.12 bits per heavy atom. The molecule has 6 heteroatoms. The van der Waals surface area contributed by atoms with Gasteiger partial charge in [0.1, 0.15) is 5.82 Å². The van der Waals surface area contributed by atoms with Gasteiger partial charge in [-0.2, -0.15) is 0 Å². The van der Waals surface area contributed by atoms with Gasteiger partial charge in [-0.15, -0.1) is 0 Å². The number of nitrogens with one attached hydrogen (secondary N) is 2. The lowest BCUT2D eigenvalue weighted by atomic mass is 10.1. The third-order valence-electron chi connectivity index (χ3n) is 3.88. The number of hydrogen-bond donors (Lipinski definition) is 2. The molecular formula is C19H23FN2O3. The molecule has 0 saturated carbocycles. The van der Waals surface area contributed by atoms with E-state index in [0.717, 1.165) is 5.56 Å². The first-order valence-electron chi connectivity index (χ1n) is 8.00. The van der Waals surface area contributed by atoms with Crippen molar-refractivity contribution in [1.29, 1.82) is 0 Å². The van der Waals surface area contributed by atoms with Crippen molar-refractivity contribution in [2.75, 3.05) is 20.8 Å². The Morgan fingerprint density at radius 3 is 2.52 bits per heavy atom. The number of ether oxygens (including phenoxy) is 2. The van der Waals surface area contributed by atoms with Crippen molar-refractivity contribution in [3.8, 4) is 11.5 Å². The highest BCUT2D eigenvalue weighted by Gasteiger charge is 2.11. The van der Waals surface area contributed by atoms with Gasteiger partial charge in [0.05, 0.1) is 20.8 Å². The maximum absolute atomic E-state index is 13.7. The minimum Gasteiger partial charge on any atom is -0.493 e. The topological polar surface area (TPSA) is 59.6 Å². The predicted molar refractivity (Wildman–Crippen MR) is 94.2 cm³/mol. The Hall–Kier alpha value is -2.60. The van der Waals surface area contributed by atoms with Crippen LogP contribution in [-0.4, -0.2) is 26.7 Å². The van der Waals surface area contributed by atoms with Crippen molar-refractivity contribution < 1.29 is 18.7 Å². The Morgan fingerprint density at radius 2 is 1.84 bits per heavy atom. The fourth-order valence-electron chi connectivity index (χ4n) is 2.44. The van der Waals surface area contributed by atoms with Crippen LogP contribution in [0.1, 0.15) is 24.1 Å². The lowest BCUT2D eigenvalue weighted by molar-refractivity contribution is -0.120. The Labute approximate surface area is 147 Å². The Balaban J connectivity index is 1.84. The van der Waals surface area contributed by atoms with E-state index in [1.807, 2.05) is 19.1 Å². The van der Waals surface area contributed by atoms with Crippen molar-refractivity contribution in [2.45, 2.75) is 19.5 Å². The number of hydrogen-bond acceptors (Lipinski definition) is 4. The van der Waals surface area contributed by atoms with Gasteiger partial charge in [-0.3, -0.25) is 4.79 Å². The molecule has 2 aromatic carbocycles. The molecule has 0 radical (unpaired) electrons. The molecule has 0 fully saturated rings. The van der Waals surface area contributed by atoms with Crippen LogP contribution in [0.4, 0.5) is 4.39 Å². The van der Waals surface area contributed by atoms with Crippen LogP contribution in [0.5, 0.6) is 11.5 Å². The quantitative estimate of drug-likeness (QED) is 0.772. The molecule has 2 N–H and O–H groups in total. The van der Waals surface area contributed by atoms with E-state index in [1.54, 1.807) is 38.5 Å². The van der Waals surface area contributed by atoms with Crippen molar-refractivity contribution in [3.63, 3.8) is 0 Å². The smallest absolute Gasteiger partial charge is 0.234 e. The molecule has 2 aromatic rings. The van der Waals surface area contributed by atoms with Gasteiger partial charge in [0.25, 0.3) is 0 Å². The molecule has 0 saturated heterocycles. The van der Waals surface area contributed by atoms with Crippen molar-refractivity contribution in [3.05, 3.63) is 59.4 Å². The summed E-state index contributed by atoms with van der Waals surface area (Å²) in [5.74, 6) is 0.796. The lowest BCUT2D eigenvalue weighted by Crippen LogP contribution is -2.34. The maximum atomic E-state index is 13.7. The van der Waals surface area contributed by atoms with Crippen LogP contribution in [0.3, 0.4) is 0 Å². The molecule has 25 heavy (non-hydrogen) atoms. The maximum Gasteiger partial charge on any atom is 0.234 e. The summed E-state index contributed by atoms with van der Waals surface area (Å²) in [4.78, 5) is 12.0. The molecule has 134 valence electrons. The average molecular weight is 346 g/mol. The first-order chi connectivity index (χ1) is 12.0. The Kier molecular flexibility index (Phi) is 6.77. The molecule has 0 bridgehead atoms. The minimum absolute atomic E-state index is 0.1000. The number of carbonyl (C=O) groups is 1. The summed E-state index contributed by atoms with van der Waals surface area (Å²) in [6, 6.07) is 11.7. The Bertz CT molecular complexity index is 722. The third kappa shape index (κ3) is 5.19. The van der Waals surface area contributed by atoms with Crippen LogP contribution >= 0.6 is 0 Å². The second-order valence-corrected chi connectivity index (χ2v) is 5.59. The van der Waals surface area contributed by atoms with Gasteiger partial charge in [0.15, 0.2) is 11.5 Å². The number of rotatable bonds is 8. The summed E-state index contributed by atoms with van der Waals surface area (Å²) in [6.07, 6.45) is 0. The highest BCUT2D eigenvalue weighted by atomic mass is 19.1. The number of amides is 1. The van der Waals surface area contributed by atoms with Gasteiger partial charge in [0, 0.05) is 18.2 Å². The zero-order valence-electron chi connectivity index (χ0n) is 14.6. The van der Waals surface area contributed by atoms with Gasteiger partial charge in [-0.1, -0.05) is 24.3 Å². The lowest BCUT2D eigenvalue weighted by Gasteiger charge is -2.15. The van der Waals surface area contributed by atoms with Crippen molar-refractivity contribution >= 4 is 5.91 Å². The molecule has 0 aromatic heterocycles. The molecule has 1 amide bonds. The van der Waals surface area contributed by atoms with Gasteiger partial charge in [-0.05, 0) is 30.7 Å². The molecule has 0 aliphatic heterocycles. The SMILES string of the molecule is COc1ccc(CNC(=O)CNC(C)c2ccccc2F)cc1OC. The second-order valence-electron chi connectivity index (χ2n) is 5.59. The summed E-state index contributed by atoms with van der Waals surface area (Å²) in [5, 5.41) is 5.84. The predicted octanol–water partition coefficient (Wildman–Crippen LogP) is 2.81. The minimum atomic E-state index is -0.284. The number of methoxy groups -OCH3 is 2. The fourth-order valence-corrected chi connectivity index (χ4v) is 2.44. The van der Waals surface area contributed by atoms with Crippen LogP contribution < -0.4 is 20.1 Å². The van der Waals surface area contributed by atoms with Gasteiger partial charge in [0.2, 0.25) is 5.91 Å². The highest BCUT2D eigenvalue weighted by Crippen LogP contribution is 2.27. The zero-order valence-corrected chi connectivity index (χ0v) is 14.6. The van der Waals surface area contributed by atoms with Crippen molar-refractivity contribution in [1.82, 2.24) is 10.6 Å². The summed E-state index contributed by atoms with van der Waals surface area (Å²) in [5.41, 5.74) is 1.43. The van der Waals surface area contributed by atoms with E-state index in [1.165, 1.54) is 6.07 Å². The van der Waals surface area contributed by atoms with E-state index >= 15 is 0 Å². The van der Waals surface area contributed by atoms with Crippen LogP contribution in [0.15, 0.2) is 42.5 Å². The normalized spacial score (nSPS) is 11.7. The van der Waals surface area contributed by atoms with E-state index < -0.39 is 0 Å². The molecule has 1 atom stereocenters. The van der Waals surface area contributed by atoms with Crippen molar-refractivity contribution in [2.24, 2.45) is 0 Å². The standard InChI is InChI=1S/C19H23FN2O3/c1-13(15-6-4-5-7-16(15)20)21-12-19(23)22-11-14-8-9-17(24-2)18(10-14)25-3/h4-10,13,21H,11-12H2,1-3H3,(H,22,23). The summed E-state index contributed by atoms with van der Waals surface area (Å²) < 4.78 is 24.1. The third-order valence-corrected chi connectivity index (χ3v) is 3.88. The van der Waals surface area contributed by atoms with Crippen LogP contribution in [-0.2, 0) is 11.3 Å². The number of benzene rings is 2. The van der Waals surface area contributed by atoms with Crippen LogP contribution in [0.2, 0.25) is 0 Å². The monoisotopic (exact) mass is 346 g/mol. The van der Waals surface area contributed by atoms with Crippen LogP contribution in [0, 0.1) is 5.82 Å². The molecular weight excluding hydrogens is 323 g/mol. The molecule has 2 rings (SSSR count). The van der Waals surface area contributed by atoms with E-state index in [2.05, 4.69) is 10.6 Å². The van der Waals surface area contributed by atoms with Gasteiger partial charge >= 0.3 is 0 Å². The average Bonchev–Trinajstić information content (AvgIpc) is 2.64. The zero-order chi connectivity index (χ0) is 18.2. The van der Waals surface area contributed by atoms with Gasteiger partial charge in [-0.25, -0.2) is 4.39 Å². The summed E-state index contributed by atoms with van der Waals surface area (Å²) in [7, 11) is 3.13. The molecule has 5 nitrogen and oxygen atoms in total. The molecule has 0 heterocycles. The number of carbonyl (C=O) groups excluding carboxylic acids is 1. The molecule has 0 aliphatic rings. The second kappa shape index (κ2) is 9.03. The van der Waals surface area contributed by atoms with E-state index in [9.17, 15) is 9.18 Å². The summed E-state index contributed by atoms with van der Waals surface area (Å²) in [6.45, 7) is 2.29. The first kappa shape index (κ1) is 18.7. The van der Waals surface area contributed by atoms with Gasteiger partial charge < -0.3 is 20.1 Å². The number of halogens is 1. The fraction of sp³-hybridized carbons (Fsp3) is 0.316.